The van der Waals surface area contributed by atoms with Crippen LogP contribution in [0.4, 0.5) is 5.69 Å². The lowest BCUT2D eigenvalue weighted by molar-refractivity contribution is -0.117. The number of nitrogens with zero attached hydrogens (tertiary/aromatic N) is 2. The van der Waals surface area contributed by atoms with Crippen LogP contribution < -0.4 is 10.1 Å². The Hall–Kier alpha value is -1.92. The normalized spacial score (nSPS) is 10.7. The van der Waals surface area contributed by atoms with Crippen LogP contribution >= 0.6 is 11.3 Å². The van der Waals surface area contributed by atoms with Crippen molar-refractivity contribution in [2.75, 3.05) is 25.5 Å². The van der Waals surface area contributed by atoms with E-state index in [1.165, 1.54) is 0 Å². The predicted octanol–water partition coefficient (Wildman–Crippen LogP) is 2.92. The molecule has 0 aliphatic rings. The van der Waals surface area contributed by atoms with E-state index in [4.69, 9.17) is 4.74 Å². The number of aromatic nitrogens is 1. The van der Waals surface area contributed by atoms with Gasteiger partial charge in [0.1, 0.15) is 5.75 Å². The van der Waals surface area contributed by atoms with Gasteiger partial charge in [-0.1, -0.05) is 12.1 Å². The number of carbonyl (C=O) groups is 1. The molecule has 0 spiro atoms. The molecule has 1 aromatic carbocycles. The number of rotatable bonds is 7. The van der Waals surface area contributed by atoms with Crippen molar-refractivity contribution in [3.8, 4) is 5.75 Å². The second-order valence-electron chi connectivity index (χ2n) is 5.01. The smallest absolute Gasteiger partial charge is 0.238 e. The van der Waals surface area contributed by atoms with Crippen molar-refractivity contribution in [3.63, 3.8) is 0 Å². The van der Waals surface area contributed by atoms with Crippen LogP contribution in [0.15, 0.2) is 29.6 Å². The van der Waals surface area contributed by atoms with Gasteiger partial charge in [0, 0.05) is 11.9 Å². The highest BCUT2D eigenvalue weighted by atomic mass is 32.1. The lowest BCUT2D eigenvalue weighted by Gasteiger charge is -2.16. The summed E-state index contributed by atoms with van der Waals surface area (Å²) in [7, 11) is 1.91. The topological polar surface area (TPSA) is 54.5 Å². The van der Waals surface area contributed by atoms with E-state index in [1.807, 2.05) is 55.4 Å². The van der Waals surface area contributed by atoms with Crippen molar-refractivity contribution >= 4 is 22.9 Å². The van der Waals surface area contributed by atoms with Crippen molar-refractivity contribution in [3.05, 3.63) is 40.3 Å². The lowest BCUT2D eigenvalue weighted by atomic mass is 10.3. The summed E-state index contributed by atoms with van der Waals surface area (Å²) >= 11 is 1.62. The molecule has 6 heteroatoms. The standard InChI is InChI=1S/C16H21N3O2S/c1-4-21-15-8-6-5-7-14(15)18-16(20)10-19(3)9-13-11-22-12(2)17-13/h5-8,11H,4,9-10H2,1-3H3,(H,18,20). The SMILES string of the molecule is CCOc1ccccc1NC(=O)CN(C)Cc1csc(C)n1. The van der Waals surface area contributed by atoms with Crippen LogP contribution in [0.3, 0.4) is 0 Å². The number of amides is 1. The molecule has 0 radical (unpaired) electrons. The molecule has 0 unspecified atom stereocenters. The third kappa shape index (κ3) is 4.82. The van der Waals surface area contributed by atoms with E-state index in [0.717, 1.165) is 10.7 Å². The fourth-order valence-electron chi connectivity index (χ4n) is 2.10. The van der Waals surface area contributed by atoms with Gasteiger partial charge in [0.15, 0.2) is 0 Å². The minimum Gasteiger partial charge on any atom is -0.492 e. The van der Waals surface area contributed by atoms with Gasteiger partial charge in [-0.2, -0.15) is 0 Å². The molecule has 0 saturated heterocycles. The third-order valence-electron chi connectivity index (χ3n) is 2.97. The first-order valence-corrected chi connectivity index (χ1v) is 8.07. The molecule has 0 aliphatic carbocycles. The minimum atomic E-state index is -0.0680. The van der Waals surface area contributed by atoms with Gasteiger partial charge in [0.05, 0.1) is 29.5 Å². The number of nitrogens with one attached hydrogen (secondary N) is 1. The molecular formula is C16H21N3O2S. The Bertz CT molecular complexity index is 627. The number of hydrogen-bond donors (Lipinski definition) is 1. The third-order valence-corrected chi connectivity index (χ3v) is 3.80. The summed E-state index contributed by atoms with van der Waals surface area (Å²) in [5.41, 5.74) is 1.69. The first kappa shape index (κ1) is 16.5. The first-order chi connectivity index (χ1) is 10.6. The van der Waals surface area contributed by atoms with Gasteiger partial charge in [-0.25, -0.2) is 4.98 Å². The summed E-state index contributed by atoms with van der Waals surface area (Å²) in [6.45, 7) is 5.42. The fourth-order valence-corrected chi connectivity index (χ4v) is 2.70. The molecule has 5 nitrogen and oxygen atoms in total. The number of para-hydroxylation sites is 2. The average molecular weight is 319 g/mol. The highest BCUT2D eigenvalue weighted by Crippen LogP contribution is 2.23. The van der Waals surface area contributed by atoms with Crippen LogP contribution in [-0.4, -0.2) is 36.0 Å². The molecule has 118 valence electrons. The van der Waals surface area contributed by atoms with Crippen molar-refractivity contribution in [2.45, 2.75) is 20.4 Å². The maximum atomic E-state index is 12.1. The molecule has 0 bridgehead atoms. The summed E-state index contributed by atoms with van der Waals surface area (Å²) in [6.07, 6.45) is 0. The van der Waals surface area contributed by atoms with Crippen LogP contribution in [0.1, 0.15) is 17.6 Å². The first-order valence-electron chi connectivity index (χ1n) is 7.19. The number of thiazole rings is 1. The Morgan fingerprint density at radius 3 is 2.86 bits per heavy atom. The Labute approximate surface area is 134 Å². The minimum absolute atomic E-state index is 0.0680. The Morgan fingerprint density at radius 2 is 2.18 bits per heavy atom. The molecule has 0 fully saturated rings. The number of benzene rings is 1. The molecule has 0 atom stereocenters. The van der Waals surface area contributed by atoms with Crippen molar-refractivity contribution in [1.82, 2.24) is 9.88 Å². The zero-order chi connectivity index (χ0) is 15.9. The van der Waals surface area contributed by atoms with Crippen molar-refractivity contribution < 1.29 is 9.53 Å². The quantitative estimate of drug-likeness (QED) is 0.852. The Morgan fingerprint density at radius 1 is 1.41 bits per heavy atom. The molecule has 0 saturated carbocycles. The van der Waals surface area contributed by atoms with Crippen molar-refractivity contribution in [1.29, 1.82) is 0 Å². The number of ether oxygens (including phenoxy) is 1. The second-order valence-corrected chi connectivity index (χ2v) is 6.07. The van der Waals surface area contributed by atoms with E-state index in [1.54, 1.807) is 11.3 Å². The predicted molar refractivity (Wildman–Crippen MR) is 89.4 cm³/mol. The molecule has 1 aromatic heterocycles. The van der Waals surface area contributed by atoms with E-state index in [0.29, 0.717) is 31.1 Å². The van der Waals surface area contributed by atoms with E-state index in [-0.39, 0.29) is 5.91 Å². The summed E-state index contributed by atoms with van der Waals surface area (Å²) < 4.78 is 5.50. The molecule has 22 heavy (non-hydrogen) atoms. The van der Waals surface area contributed by atoms with Gasteiger partial charge in [-0.3, -0.25) is 9.69 Å². The van der Waals surface area contributed by atoms with Crippen LogP contribution in [0.2, 0.25) is 0 Å². The maximum Gasteiger partial charge on any atom is 0.238 e. The monoisotopic (exact) mass is 319 g/mol. The molecule has 2 aromatic rings. The molecule has 1 heterocycles. The second kappa shape index (κ2) is 7.91. The summed E-state index contributed by atoms with van der Waals surface area (Å²) in [6, 6.07) is 7.45. The Balaban J connectivity index is 1.89. The van der Waals surface area contributed by atoms with E-state index in [9.17, 15) is 4.79 Å². The summed E-state index contributed by atoms with van der Waals surface area (Å²) in [5, 5.41) is 5.96. The van der Waals surface area contributed by atoms with Crippen LogP contribution in [0.25, 0.3) is 0 Å². The van der Waals surface area contributed by atoms with Gasteiger partial charge in [0.2, 0.25) is 5.91 Å². The van der Waals surface area contributed by atoms with Crippen LogP contribution in [-0.2, 0) is 11.3 Å². The maximum absolute atomic E-state index is 12.1. The van der Waals surface area contributed by atoms with E-state index in [2.05, 4.69) is 10.3 Å². The molecule has 2 rings (SSSR count). The zero-order valence-electron chi connectivity index (χ0n) is 13.1. The summed E-state index contributed by atoms with van der Waals surface area (Å²) in [4.78, 5) is 18.5. The molecule has 1 N–H and O–H groups in total. The van der Waals surface area contributed by atoms with E-state index < -0.39 is 0 Å². The number of carbonyl (C=O) groups excluding carboxylic acids is 1. The zero-order valence-corrected chi connectivity index (χ0v) is 13.9. The van der Waals surface area contributed by atoms with Crippen molar-refractivity contribution in [2.24, 2.45) is 0 Å². The molecule has 0 aliphatic heterocycles. The van der Waals surface area contributed by atoms with Crippen LogP contribution in [0, 0.1) is 6.92 Å². The number of aryl methyl sites for hydroxylation is 1. The highest BCUT2D eigenvalue weighted by molar-refractivity contribution is 7.09. The summed E-state index contributed by atoms with van der Waals surface area (Å²) in [5.74, 6) is 0.623. The largest absolute Gasteiger partial charge is 0.492 e. The number of hydrogen-bond acceptors (Lipinski definition) is 5. The fraction of sp³-hybridized carbons (Fsp3) is 0.375. The molecular weight excluding hydrogens is 298 g/mol. The van der Waals surface area contributed by atoms with Crippen LogP contribution in [0.5, 0.6) is 5.75 Å². The Kier molecular flexibility index (Phi) is 5.91. The molecule has 1 amide bonds. The number of anilines is 1. The van der Waals surface area contributed by atoms with Gasteiger partial charge in [-0.15, -0.1) is 11.3 Å². The van der Waals surface area contributed by atoms with Gasteiger partial charge >= 0.3 is 0 Å². The van der Waals surface area contributed by atoms with Gasteiger partial charge in [-0.05, 0) is 33.0 Å². The highest BCUT2D eigenvalue weighted by Gasteiger charge is 2.11. The lowest BCUT2D eigenvalue weighted by Crippen LogP contribution is -2.30. The average Bonchev–Trinajstić information content (AvgIpc) is 2.86. The van der Waals surface area contributed by atoms with Gasteiger partial charge < -0.3 is 10.1 Å². The van der Waals surface area contributed by atoms with E-state index >= 15 is 0 Å². The number of likely N-dealkylation sites (N-methyl/N-ethyl adjacent to an activating group) is 1. The van der Waals surface area contributed by atoms with Gasteiger partial charge in [0.25, 0.3) is 0 Å².